The lowest BCUT2D eigenvalue weighted by Gasteiger charge is -2.29. The van der Waals surface area contributed by atoms with Gasteiger partial charge in [-0.2, -0.15) is 0 Å². The second-order valence-electron chi connectivity index (χ2n) is 5.57. The first-order valence-corrected chi connectivity index (χ1v) is 8.14. The third-order valence-corrected chi connectivity index (χ3v) is 3.95. The van der Waals surface area contributed by atoms with Crippen molar-refractivity contribution in [3.05, 3.63) is 42.1 Å². The smallest absolute Gasteiger partial charge is 0.343 e. The predicted molar refractivity (Wildman–Crippen MR) is 89.5 cm³/mol. The fourth-order valence-electron chi connectivity index (χ4n) is 2.80. The summed E-state index contributed by atoms with van der Waals surface area (Å²) in [6, 6.07) is 9.82. The van der Waals surface area contributed by atoms with Crippen molar-refractivity contribution in [3.8, 4) is 11.4 Å². The van der Waals surface area contributed by atoms with E-state index >= 15 is 0 Å². The molecule has 1 aliphatic heterocycles. The molecule has 2 aromatic rings. The number of nitrogens with zero attached hydrogens (tertiary/aromatic N) is 3. The van der Waals surface area contributed by atoms with Crippen LogP contribution in [0, 0.1) is 0 Å². The Morgan fingerprint density at radius 3 is 2.61 bits per heavy atom. The van der Waals surface area contributed by atoms with Crippen LogP contribution in [0.25, 0.3) is 11.4 Å². The van der Waals surface area contributed by atoms with Crippen molar-refractivity contribution in [2.75, 3.05) is 24.6 Å². The van der Waals surface area contributed by atoms with Crippen LogP contribution in [0.15, 0.2) is 36.5 Å². The normalized spacial score (nSPS) is 14.6. The second kappa shape index (κ2) is 7.22. The van der Waals surface area contributed by atoms with Gasteiger partial charge in [-0.1, -0.05) is 30.3 Å². The maximum Gasteiger partial charge on any atom is 0.343 e. The number of carbonyl (C=O) groups is 1. The molecular formula is C18H21N3O2. The van der Waals surface area contributed by atoms with Gasteiger partial charge in [0.15, 0.2) is 5.82 Å². The first kappa shape index (κ1) is 15.5. The van der Waals surface area contributed by atoms with E-state index in [9.17, 15) is 4.79 Å². The van der Waals surface area contributed by atoms with Gasteiger partial charge in [0.05, 0.1) is 6.61 Å². The zero-order chi connectivity index (χ0) is 16.1. The average molecular weight is 311 g/mol. The fourth-order valence-corrected chi connectivity index (χ4v) is 2.80. The molecule has 0 radical (unpaired) electrons. The van der Waals surface area contributed by atoms with Crippen molar-refractivity contribution in [1.82, 2.24) is 9.97 Å². The van der Waals surface area contributed by atoms with Crippen LogP contribution in [0.2, 0.25) is 0 Å². The molecule has 5 nitrogen and oxygen atoms in total. The summed E-state index contributed by atoms with van der Waals surface area (Å²) < 4.78 is 5.16. The average Bonchev–Trinajstić information content (AvgIpc) is 2.63. The van der Waals surface area contributed by atoms with E-state index in [1.54, 1.807) is 13.1 Å². The number of piperidine rings is 1. The molecule has 0 saturated carbocycles. The maximum atomic E-state index is 12.2. The van der Waals surface area contributed by atoms with Gasteiger partial charge < -0.3 is 9.64 Å². The number of hydrogen-bond donors (Lipinski definition) is 0. The van der Waals surface area contributed by atoms with Crippen LogP contribution in [0.5, 0.6) is 0 Å². The Kier molecular flexibility index (Phi) is 4.86. The van der Waals surface area contributed by atoms with E-state index in [1.807, 2.05) is 30.3 Å². The first-order valence-electron chi connectivity index (χ1n) is 8.14. The zero-order valence-corrected chi connectivity index (χ0v) is 13.4. The number of esters is 1. The highest BCUT2D eigenvalue weighted by atomic mass is 16.5. The predicted octanol–water partition coefficient (Wildman–Crippen LogP) is 3.31. The maximum absolute atomic E-state index is 12.2. The molecule has 0 aliphatic carbocycles. The fraction of sp³-hybridized carbons (Fsp3) is 0.389. The van der Waals surface area contributed by atoms with Crippen molar-refractivity contribution in [2.45, 2.75) is 26.2 Å². The molecule has 0 N–H and O–H groups in total. The zero-order valence-electron chi connectivity index (χ0n) is 13.4. The standard InChI is InChI=1S/C18H21N3O2/c1-2-23-18(22)15-13-19-16(14-9-5-3-6-10-14)20-17(15)21-11-7-4-8-12-21/h3,5-6,9-10,13H,2,4,7-8,11-12H2,1H3. The summed E-state index contributed by atoms with van der Waals surface area (Å²) in [5, 5.41) is 0. The van der Waals surface area contributed by atoms with E-state index < -0.39 is 0 Å². The molecule has 0 spiro atoms. The molecule has 0 atom stereocenters. The van der Waals surface area contributed by atoms with Crippen molar-refractivity contribution < 1.29 is 9.53 Å². The molecule has 1 aromatic carbocycles. The van der Waals surface area contributed by atoms with Crippen molar-refractivity contribution in [3.63, 3.8) is 0 Å². The van der Waals surface area contributed by atoms with Crippen molar-refractivity contribution >= 4 is 11.8 Å². The summed E-state index contributed by atoms with van der Waals surface area (Å²) in [6.07, 6.45) is 5.05. The van der Waals surface area contributed by atoms with Crippen LogP contribution < -0.4 is 4.90 Å². The third kappa shape index (κ3) is 3.50. The largest absolute Gasteiger partial charge is 0.462 e. The Morgan fingerprint density at radius 2 is 1.91 bits per heavy atom. The Bertz CT molecular complexity index is 667. The lowest BCUT2D eigenvalue weighted by Crippen LogP contribution is -2.32. The highest BCUT2D eigenvalue weighted by Gasteiger charge is 2.22. The number of benzene rings is 1. The van der Waals surface area contributed by atoms with Crippen LogP contribution in [0.4, 0.5) is 5.82 Å². The molecule has 0 unspecified atom stereocenters. The van der Waals surface area contributed by atoms with E-state index in [0.29, 0.717) is 23.8 Å². The molecule has 1 aliphatic rings. The van der Waals surface area contributed by atoms with Gasteiger partial charge in [-0.15, -0.1) is 0 Å². The highest BCUT2D eigenvalue weighted by Crippen LogP contribution is 2.25. The Hall–Kier alpha value is -2.43. The van der Waals surface area contributed by atoms with Gasteiger partial charge in [0.1, 0.15) is 11.4 Å². The van der Waals surface area contributed by atoms with Gasteiger partial charge in [0.2, 0.25) is 0 Å². The Balaban J connectivity index is 2.01. The first-order chi connectivity index (χ1) is 11.3. The Labute approximate surface area is 136 Å². The monoisotopic (exact) mass is 311 g/mol. The topological polar surface area (TPSA) is 55.3 Å². The quantitative estimate of drug-likeness (QED) is 0.811. The van der Waals surface area contributed by atoms with Crippen LogP contribution in [-0.4, -0.2) is 35.6 Å². The minimum atomic E-state index is -0.354. The number of anilines is 1. The van der Waals surface area contributed by atoms with E-state index in [0.717, 1.165) is 31.5 Å². The van der Waals surface area contributed by atoms with Gasteiger partial charge in [-0.25, -0.2) is 14.8 Å². The van der Waals surface area contributed by atoms with Crippen LogP contribution in [0.1, 0.15) is 36.5 Å². The van der Waals surface area contributed by atoms with E-state index in [2.05, 4.69) is 14.9 Å². The summed E-state index contributed by atoms with van der Waals surface area (Å²) in [4.78, 5) is 23.5. The van der Waals surface area contributed by atoms with Gasteiger partial charge >= 0.3 is 5.97 Å². The van der Waals surface area contributed by atoms with Gasteiger partial charge in [-0.3, -0.25) is 0 Å². The second-order valence-corrected chi connectivity index (χ2v) is 5.57. The lowest BCUT2D eigenvalue weighted by molar-refractivity contribution is 0.0526. The van der Waals surface area contributed by atoms with Gasteiger partial charge in [-0.05, 0) is 26.2 Å². The molecule has 23 heavy (non-hydrogen) atoms. The summed E-state index contributed by atoms with van der Waals surface area (Å²) in [6.45, 7) is 3.98. The minimum Gasteiger partial charge on any atom is -0.462 e. The number of hydrogen-bond acceptors (Lipinski definition) is 5. The summed E-state index contributed by atoms with van der Waals surface area (Å²) in [5.74, 6) is 0.976. The number of aromatic nitrogens is 2. The third-order valence-electron chi connectivity index (χ3n) is 3.95. The van der Waals surface area contributed by atoms with Crippen LogP contribution in [-0.2, 0) is 4.74 Å². The van der Waals surface area contributed by atoms with Crippen molar-refractivity contribution in [1.29, 1.82) is 0 Å². The molecule has 1 fully saturated rings. The van der Waals surface area contributed by atoms with Gasteiger partial charge in [0, 0.05) is 24.8 Å². The minimum absolute atomic E-state index is 0.346. The molecule has 1 saturated heterocycles. The number of ether oxygens (including phenoxy) is 1. The number of rotatable bonds is 4. The highest BCUT2D eigenvalue weighted by molar-refractivity contribution is 5.94. The van der Waals surface area contributed by atoms with Crippen molar-refractivity contribution in [2.24, 2.45) is 0 Å². The van der Waals surface area contributed by atoms with E-state index in [-0.39, 0.29) is 5.97 Å². The SMILES string of the molecule is CCOC(=O)c1cnc(-c2ccccc2)nc1N1CCCCC1. The molecule has 5 heteroatoms. The van der Waals surface area contributed by atoms with E-state index in [1.165, 1.54) is 6.42 Å². The molecule has 2 heterocycles. The Morgan fingerprint density at radius 1 is 1.17 bits per heavy atom. The molecule has 0 bridgehead atoms. The summed E-state index contributed by atoms with van der Waals surface area (Å²) in [7, 11) is 0. The summed E-state index contributed by atoms with van der Waals surface area (Å²) in [5.41, 5.74) is 1.40. The molecular weight excluding hydrogens is 290 g/mol. The van der Waals surface area contributed by atoms with Gasteiger partial charge in [0.25, 0.3) is 0 Å². The molecule has 1 aromatic heterocycles. The summed E-state index contributed by atoms with van der Waals surface area (Å²) >= 11 is 0. The number of carbonyl (C=O) groups excluding carboxylic acids is 1. The van der Waals surface area contributed by atoms with Crippen LogP contribution in [0.3, 0.4) is 0 Å². The van der Waals surface area contributed by atoms with Crippen LogP contribution >= 0.6 is 0 Å². The lowest BCUT2D eigenvalue weighted by atomic mass is 10.1. The molecule has 120 valence electrons. The molecule has 0 amide bonds. The van der Waals surface area contributed by atoms with E-state index in [4.69, 9.17) is 4.74 Å². The molecule has 3 rings (SSSR count).